The van der Waals surface area contributed by atoms with Gasteiger partial charge in [-0.2, -0.15) is 0 Å². The maximum absolute atomic E-state index is 13.5. The van der Waals surface area contributed by atoms with Gasteiger partial charge < -0.3 is 14.8 Å². The number of likely N-dealkylation sites (N-methyl/N-ethyl adjacent to an activating group) is 1. The molecular weight excluding hydrogens is 751 g/mol. The van der Waals surface area contributed by atoms with E-state index in [0.717, 1.165) is 64.2 Å². The van der Waals surface area contributed by atoms with E-state index in [4.69, 9.17) is 9.47 Å². The zero-order chi connectivity index (χ0) is 44.5. The van der Waals surface area contributed by atoms with Crippen molar-refractivity contribution in [3.8, 4) is 0 Å². The number of esters is 2. The van der Waals surface area contributed by atoms with Crippen molar-refractivity contribution in [3.63, 3.8) is 0 Å². The average molecular weight is 858 g/mol. The van der Waals surface area contributed by atoms with Gasteiger partial charge in [-0.15, -0.1) is 13.2 Å². The van der Waals surface area contributed by atoms with Crippen molar-refractivity contribution < 1.29 is 19.1 Å². The van der Waals surface area contributed by atoms with E-state index in [1.54, 1.807) is 0 Å². The summed E-state index contributed by atoms with van der Waals surface area (Å²) in [4.78, 5) is 26.8. The highest BCUT2D eigenvalue weighted by atomic mass is 16.5. The second-order valence-electron chi connectivity index (χ2n) is 18.9. The van der Waals surface area contributed by atoms with Crippen molar-refractivity contribution in [1.29, 1.82) is 0 Å². The lowest BCUT2D eigenvalue weighted by atomic mass is 10.0. The van der Waals surface area contributed by atoms with Gasteiger partial charge in [0, 0.05) is 6.42 Å². The highest BCUT2D eigenvalue weighted by molar-refractivity contribution is 5.77. The molecule has 3 atom stereocenters. The first-order valence-electron chi connectivity index (χ1n) is 27.3. The predicted molar refractivity (Wildman–Crippen MR) is 267 cm³/mol. The molecule has 0 spiro atoms. The van der Waals surface area contributed by atoms with Gasteiger partial charge >= 0.3 is 11.9 Å². The Labute approximate surface area is 382 Å². The zero-order valence-electron chi connectivity index (χ0n) is 41.5. The molecule has 5 nitrogen and oxygen atoms in total. The van der Waals surface area contributed by atoms with E-state index < -0.39 is 6.04 Å². The van der Waals surface area contributed by atoms with Gasteiger partial charge in [0.2, 0.25) is 0 Å². The zero-order valence-corrected chi connectivity index (χ0v) is 41.5. The molecule has 2 unspecified atom stereocenters. The number of hydrogen-bond acceptors (Lipinski definition) is 5. The van der Waals surface area contributed by atoms with E-state index in [2.05, 4.69) is 32.3 Å². The van der Waals surface area contributed by atoms with Crippen LogP contribution in [0.2, 0.25) is 0 Å². The van der Waals surface area contributed by atoms with E-state index in [0.29, 0.717) is 6.42 Å². The number of carbonyl (C=O) groups excluding carboxylic acids is 2. The van der Waals surface area contributed by atoms with Crippen LogP contribution in [-0.2, 0) is 19.1 Å². The summed E-state index contributed by atoms with van der Waals surface area (Å²) in [6, 6.07) is -0.488. The lowest BCUT2D eigenvalue weighted by molar-refractivity contribution is -0.153. The molecule has 0 rings (SSSR count). The van der Waals surface area contributed by atoms with Crippen molar-refractivity contribution in [1.82, 2.24) is 5.32 Å². The Bertz CT molecular complexity index is 936. The van der Waals surface area contributed by atoms with Crippen molar-refractivity contribution in [3.05, 3.63) is 25.3 Å². The minimum Gasteiger partial charge on any atom is -0.462 e. The monoisotopic (exact) mass is 858 g/mol. The third-order valence-corrected chi connectivity index (χ3v) is 13.0. The number of rotatable bonds is 51. The molecule has 5 heteroatoms. The van der Waals surface area contributed by atoms with Crippen LogP contribution in [0, 0.1) is 0 Å². The van der Waals surface area contributed by atoms with Crippen LogP contribution in [0.4, 0.5) is 0 Å². The molecule has 0 amide bonds. The van der Waals surface area contributed by atoms with Crippen LogP contribution in [0.15, 0.2) is 25.3 Å². The van der Waals surface area contributed by atoms with Gasteiger partial charge in [0.1, 0.15) is 18.2 Å². The number of hydrogen-bond donors (Lipinski definition) is 1. The van der Waals surface area contributed by atoms with Gasteiger partial charge in [0.25, 0.3) is 0 Å². The lowest BCUT2D eigenvalue weighted by Gasteiger charge is -2.22. The summed E-state index contributed by atoms with van der Waals surface area (Å²) in [5, 5.41) is 3.18. The van der Waals surface area contributed by atoms with Crippen LogP contribution in [0.3, 0.4) is 0 Å². The molecule has 0 saturated carbocycles. The minimum absolute atomic E-state index is 0.0155. The fourth-order valence-corrected chi connectivity index (χ4v) is 8.82. The summed E-state index contributed by atoms with van der Waals surface area (Å²) in [5.74, 6) is -0.368. The Balaban J connectivity index is 4.90. The van der Waals surface area contributed by atoms with Crippen LogP contribution in [0.5, 0.6) is 0 Å². The van der Waals surface area contributed by atoms with Crippen LogP contribution < -0.4 is 5.32 Å². The molecule has 0 saturated heterocycles. The standard InChI is InChI=1S/C56H107NO4/c1-6-10-14-18-22-26-28-30-32-36-39-43-47-52(46-42-38-34-24-20-16-12-8-3)60-55(58)51-50-54(57-5)56(59)61-53(48-44-40-35-25-21-17-13-9-4)49-45-41-37-33-31-29-27-23-19-15-11-7-2/h8-9,52-54,57H,3-4,6-7,10-51H2,1-2,5H3/t52?,53?,54-/m0/s1. The van der Waals surface area contributed by atoms with E-state index in [-0.39, 0.29) is 30.6 Å². The predicted octanol–water partition coefficient (Wildman–Crippen LogP) is 18.0. The fourth-order valence-electron chi connectivity index (χ4n) is 8.82. The Kier molecular flexibility index (Phi) is 48.1. The molecular formula is C56H107NO4. The molecule has 0 fully saturated rings. The quantitative estimate of drug-likeness (QED) is 0.0375. The van der Waals surface area contributed by atoms with Gasteiger partial charge in [-0.05, 0) is 90.5 Å². The maximum atomic E-state index is 13.5. The summed E-state index contributed by atoms with van der Waals surface area (Å²) < 4.78 is 12.4. The van der Waals surface area contributed by atoms with E-state index in [1.807, 2.05) is 19.2 Å². The molecule has 360 valence electrons. The summed E-state index contributed by atoms with van der Waals surface area (Å²) in [6.45, 7) is 12.3. The molecule has 0 aromatic carbocycles. The summed E-state index contributed by atoms with van der Waals surface area (Å²) in [7, 11) is 1.82. The number of nitrogens with one attached hydrogen (secondary N) is 1. The number of ether oxygens (including phenoxy) is 2. The minimum atomic E-state index is -0.488. The second-order valence-corrected chi connectivity index (χ2v) is 18.9. The van der Waals surface area contributed by atoms with Gasteiger partial charge in [-0.25, -0.2) is 0 Å². The molecule has 0 bridgehead atoms. The smallest absolute Gasteiger partial charge is 0.323 e. The van der Waals surface area contributed by atoms with Gasteiger partial charge in [-0.1, -0.05) is 219 Å². The molecule has 1 N–H and O–H groups in total. The first-order chi connectivity index (χ1) is 30.0. The second kappa shape index (κ2) is 49.4. The van der Waals surface area contributed by atoms with Gasteiger partial charge in [0.15, 0.2) is 0 Å². The molecule has 0 aromatic rings. The van der Waals surface area contributed by atoms with Gasteiger partial charge in [0.05, 0.1) is 0 Å². The Morgan fingerprint density at radius 2 is 0.689 bits per heavy atom. The van der Waals surface area contributed by atoms with Crippen molar-refractivity contribution in [2.45, 2.75) is 315 Å². The number of allylic oxidation sites excluding steroid dienone is 2. The molecule has 0 aromatic heterocycles. The molecule has 0 aliphatic heterocycles. The summed E-state index contributed by atoms with van der Waals surface area (Å²) in [5.41, 5.74) is 0. The van der Waals surface area contributed by atoms with Crippen molar-refractivity contribution in [2.75, 3.05) is 7.05 Å². The average Bonchev–Trinajstić information content (AvgIpc) is 3.26. The normalized spacial score (nSPS) is 12.9. The summed E-state index contributed by atoms with van der Waals surface area (Å²) in [6.07, 6.45) is 57.2. The SMILES string of the molecule is C=CCCCCCCCCC(CCCCCCCCCCCCCC)OC(=O)CC[C@H](NC)C(=O)OC(CCCCCCCCC=C)CCCCCCCCCCCCCC. The van der Waals surface area contributed by atoms with E-state index in [1.165, 1.54) is 205 Å². The lowest BCUT2D eigenvalue weighted by Crippen LogP contribution is -2.38. The number of unbranched alkanes of at least 4 members (excludes halogenated alkanes) is 34. The van der Waals surface area contributed by atoms with Crippen LogP contribution in [0.1, 0.15) is 296 Å². The van der Waals surface area contributed by atoms with E-state index >= 15 is 0 Å². The third kappa shape index (κ3) is 43.4. The van der Waals surface area contributed by atoms with Crippen molar-refractivity contribution in [2.24, 2.45) is 0 Å². The molecule has 0 heterocycles. The first-order valence-corrected chi connectivity index (χ1v) is 27.3. The summed E-state index contributed by atoms with van der Waals surface area (Å²) >= 11 is 0. The van der Waals surface area contributed by atoms with Crippen molar-refractivity contribution >= 4 is 11.9 Å². The largest absolute Gasteiger partial charge is 0.462 e. The molecule has 61 heavy (non-hydrogen) atoms. The van der Waals surface area contributed by atoms with Crippen LogP contribution >= 0.6 is 0 Å². The first kappa shape index (κ1) is 59.4. The number of carbonyl (C=O) groups is 2. The van der Waals surface area contributed by atoms with E-state index in [9.17, 15) is 9.59 Å². The topological polar surface area (TPSA) is 64.6 Å². The highest BCUT2D eigenvalue weighted by Crippen LogP contribution is 2.21. The van der Waals surface area contributed by atoms with Crippen LogP contribution in [-0.4, -0.2) is 37.2 Å². The Morgan fingerprint density at radius 1 is 0.410 bits per heavy atom. The maximum Gasteiger partial charge on any atom is 0.323 e. The fraction of sp³-hybridized carbons (Fsp3) is 0.893. The highest BCUT2D eigenvalue weighted by Gasteiger charge is 2.24. The van der Waals surface area contributed by atoms with Gasteiger partial charge in [-0.3, -0.25) is 9.59 Å². The third-order valence-electron chi connectivity index (χ3n) is 13.0. The Hall–Kier alpha value is -1.62. The Morgan fingerprint density at radius 3 is 0.984 bits per heavy atom. The molecule has 0 aliphatic rings. The van der Waals surface area contributed by atoms with Crippen LogP contribution in [0.25, 0.3) is 0 Å². The molecule has 0 aliphatic carbocycles. The molecule has 0 radical (unpaired) electrons.